The third kappa shape index (κ3) is 3.01. The minimum absolute atomic E-state index is 0.206. The van der Waals surface area contributed by atoms with Crippen molar-refractivity contribution in [2.75, 3.05) is 0 Å². The maximum Gasteiger partial charge on any atom is 0.0412 e. The zero-order valence-electron chi connectivity index (χ0n) is 10.6. The molecule has 1 aliphatic carbocycles. The number of hydrogen-bond acceptors (Lipinski definition) is 0. The van der Waals surface area contributed by atoms with Crippen molar-refractivity contribution in [3.05, 3.63) is 59.0 Å². The second-order valence-corrected chi connectivity index (χ2v) is 5.90. The average Bonchev–Trinajstić information content (AvgIpc) is 2.28. The van der Waals surface area contributed by atoms with E-state index in [-0.39, 0.29) is 5.41 Å². The van der Waals surface area contributed by atoms with Crippen LogP contribution >= 0.6 is 11.6 Å². The van der Waals surface area contributed by atoms with Gasteiger partial charge >= 0.3 is 0 Å². The van der Waals surface area contributed by atoms with Gasteiger partial charge in [0.2, 0.25) is 0 Å². The molecule has 0 spiro atoms. The molecule has 1 heteroatoms. The highest BCUT2D eigenvalue weighted by atomic mass is 35.5. The summed E-state index contributed by atoms with van der Waals surface area (Å²) < 4.78 is 0. The second-order valence-electron chi connectivity index (χ2n) is 5.46. The Morgan fingerprint density at radius 1 is 1.18 bits per heavy atom. The second kappa shape index (κ2) is 4.70. The average molecular weight is 246 g/mol. The Bertz CT molecular complexity index is 473. The molecule has 0 unspecified atom stereocenters. The Morgan fingerprint density at radius 3 is 2.59 bits per heavy atom. The van der Waals surface area contributed by atoms with Crippen LogP contribution in [0.1, 0.15) is 32.8 Å². The standard InChI is InChI=1S/C16H18Cl/c1-16(2,3)14-8-4-6-12(10-14)13-7-5-9-15(17)11-13/h5-11H,4H2,1-3H3. The van der Waals surface area contributed by atoms with Gasteiger partial charge in [-0.05, 0) is 47.1 Å². The zero-order chi connectivity index (χ0) is 12.5. The zero-order valence-corrected chi connectivity index (χ0v) is 11.4. The smallest absolute Gasteiger partial charge is 0.0412 e. The third-order valence-corrected chi connectivity index (χ3v) is 3.25. The van der Waals surface area contributed by atoms with E-state index < -0.39 is 0 Å². The van der Waals surface area contributed by atoms with Crippen LogP contribution in [-0.2, 0) is 0 Å². The third-order valence-electron chi connectivity index (χ3n) is 3.01. The Labute approximate surface area is 109 Å². The van der Waals surface area contributed by atoms with Crippen molar-refractivity contribution in [3.8, 4) is 0 Å². The van der Waals surface area contributed by atoms with Gasteiger partial charge in [-0.25, -0.2) is 0 Å². The summed E-state index contributed by atoms with van der Waals surface area (Å²) in [5, 5.41) is 0.795. The van der Waals surface area contributed by atoms with Crippen LogP contribution in [0.3, 0.4) is 0 Å². The minimum atomic E-state index is 0.206. The first kappa shape index (κ1) is 12.4. The molecule has 89 valence electrons. The highest BCUT2D eigenvalue weighted by Gasteiger charge is 2.18. The van der Waals surface area contributed by atoms with Crippen LogP contribution in [0, 0.1) is 11.8 Å². The van der Waals surface area contributed by atoms with Crippen LogP contribution in [0.15, 0.2) is 42.0 Å². The Kier molecular flexibility index (Phi) is 3.44. The summed E-state index contributed by atoms with van der Waals surface area (Å²) in [4.78, 5) is 0. The van der Waals surface area contributed by atoms with E-state index in [1.165, 1.54) is 16.7 Å². The predicted octanol–water partition coefficient (Wildman–Crippen LogP) is 5.30. The Hall–Kier alpha value is -1.01. The monoisotopic (exact) mass is 245 g/mol. The van der Waals surface area contributed by atoms with Gasteiger partial charge in [-0.1, -0.05) is 56.7 Å². The minimum Gasteiger partial charge on any atom is -0.0843 e. The largest absolute Gasteiger partial charge is 0.0843 e. The lowest BCUT2D eigenvalue weighted by Gasteiger charge is -2.24. The summed E-state index contributed by atoms with van der Waals surface area (Å²) in [7, 11) is 0. The number of benzene rings is 1. The highest BCUT2D eigenvalue weighted by molar-refractivity contribution is 6.30. The lowest BCUT2D eigenvalue weighted by molar-refractivity contribution is 0.514. The van der Waals surface area contributed by atoms with Gasteiger partial charge in [-0.3, -0.25) is 0 Å². The molecule has 1 aliphatic rings. The van der Waals surface area contributed by atoms with Crippen molar-refractivity contribution >= 4 is 17.2 Å². The molecule has 0 nitrogen and oxygen atoms in total. The van der Waals surface area contributed by atoms with Gasteiger partial charge in [0, 0.05) is 5.02 Å². The molecular weight excluding hydrogens is 228 g/mol. The van der Waals surface area contributed by atoms with Crippen molar-refractivity contribution in [2.45, 2.75) is 27.2 Å². The SMILES string of the molecule is CC(C)(C)C1=CC[CH]C(c2cccc(Cl)c2)=C1. The molecule has 1 aromatic rings. The first-order valence-electron chi connectivity index (χ1n) is 5.98. The lowest BCUT2D eigenvalue weighted by Crippen LogP contribution is -2.10. The van der Waals surface area contributed by atoms with E-state index >= 15 is 0 Å². The van der Waals surface area contributed by atoms with Gasteiger partial charge in [-0.15, -0.1) is 0 Å². The first-order chi connectivity index (χ1) is 7.97. The van der Waals surface area contributed by atoms with Gasteiger partial charge in [0.15, 0.2) is 0 Å². The summed E-state index contributed by atoms with van der Waals surface area (Å²) in [6.07, 6.45) is 7.83. The first-order valence-corrected chi connectivity index (χ1v) is 6.36. The highest BCUT2D eigenvalue weighted by Crippen LogP contribution is 2.34. The number of allylic oxidation sites excluding steroid dienone is 4. The van der Waals surface area contributed by atoms with E-state index in [1.807, 2.05) is 18.2 Å². The quantitative estimate of drug-likeness (QED) is 0.630. The van der Waals surface area contributed by atoms with E-state index in [2.05, 4.69) is 45.4 Å². The molecule has 1 aromatic carbocycles. The summed E-state index contributed by atoms with van der Waals surface area (Å²) in [5.41, 5.74) is 4.08. The summed E-state index contributed by atoms with van der Waals surface area (Å²) >= 11 is 6.03. The van der Waals surface area contributed by atoms with Gasteiger partial charge in [0.25, 0.3) is 0 Å². The molecule has 17 heavy (non-hydrogen) atoms. The van der Waals surface area contributed by atoms with Crippen LogP contribution < -0.4 is 0 Å². The van der Waals surface area contributed by atoms with E-state index in [4.69, 9.17) is 11.6 Å². The molecule has 0 bridgehead atoms. The fourth-order valence-corrected chi connectivity index (χ4v) is 2.18. The number of halogens is 1. The van der Waals surface area contributed by atoms with Gasteiger partial charge in [0.1, 0.15) is 0 Å². The molecule has 1 radical (unpaired) electrons. The van der Waals surface area contributed by atoms with Crippen molar-refractivity contribution in [1.82, 2.24) is 0 Å². The Morgan fingerprint density at radius 2 is 1.94 bits per heavy atom. The van der Waals surface area contributed by atoms with Crippen LogP contribution in [-0.4, -0.2) is 0 Å². The van der Waals surface area contributed by atoms with Crippen LogP contribution in [0.5, 0.6) is 0 Å². The van der Waals surface area contributed by atoms with Crippen LogP contribution in [0.25, 0.3) is 5.57 Å². The summed E-state index contributed by atoms with van der Waals surface area (Å²) in [5.74, 6) is 0. The predicted molar refractivity (Wildman–Crippen MR) is 75.9 cm³/mol. The van der Waals surface area contributed by atoms with Crippen LogP contribution in [0.2, 0.25) is 5.02 Å². The Balaban J connectivity index is 2.35. The fraction of sp³-hybridized carbons (Fsp3) is 0.312. The van der Waals surface area contributed by atoms with Gasteiger partial charge in [0.05, 0.1) is 0 Å². The number of rotatable bonds is 1. The maximum absolute atomic E-state index is 6.03. The normalized spacial score (nSPS) is 16.5. The molecule has 0 atom stereocenters. The van der Waals surface area contributed by atoms with E-state index in [1.54, 1.807) is 0 Å². The van der Waals surface area contributed by atoms with Crippen LogP contribution in [0.4, 0.5) is 0 Å². The van der Waals surface area contributed by atoms with Gasteiger partial charge in [-0.2, -0.15) is 0 Å². The summed E-state index contributed by atoms with van der Waals surface area (Å²) in [6.45, 7) is 6.74. The molecule has 0 heterocycles. The lowest BCUT2D eigenvalue weighted by atomic mass is 9.80. The maximum atomic E-state index is 6.03. The molecule has 0 N–H and O–H groups in total. The van der Waals surface area contributed by atoms with Crippen molar-refractivity contribution in [3.63, 3.8) is 0 Å². The topological polar surface area (TPSA) is 0 Å². The molecular formula is C16H18Cl. The van der Waals surface area contributed by atoms with Gasteiger partial charge < -0.3 is 0 Å². The molecule has 0 amide bonds. The molecule has 0 aromatic heterocycles. The van der Waals surface area contributed by atoms with E-state index in [0.29, 0.717) is 0 Å². The molecule has 2 rings (SSSR count). The van der Waals surface area contributed by atoms with E-state index in [9.17, 15) is 0 Å². The van der Waals surface area contributed by atoms with E-state index in [0.717, 1.165) is 11.4 Å². The molecule has 0 fully saturated rings. The molecule has 0 aliphatic heterocycles. The summed E-state index contributed by atoms with van der Waals surface area (Å²) in [6, 6.07) is 8.05. The molecule has 0 saturated carbocycles. The fourth-order valence-electron chi connectivity index (χ4n) is 1.99. The number of hydrogen-bond donors (Lipinski definition) is 0. The van der Waals surface area contributed by atoms with Crippen molar-refractivity contribution in [1.29, 1.82) is 0 Å². The van der Waals surface area contributed by atoms with Crippen molar-refractivity contribution in [2.24, 2.45) is 5.41 Å². The molecule has 0 saturated heterocycles. The van der Waals surface area contributed by atoms with Crippen molar-refractivity contribution < 1.29 is 0 Å².